The summed E-state index contributed by atoms with van der Waals surface area (Å²) in [7, 11) is 0. The summed E-state index contributed by atoms with van der Waals surface area (Å²) in [6.07, 6.45) is 1.35. The normalized spacial score (nSPS) is 10.0. The van der Waals surface area contributed by atoms with Crippen LogP contribution in [0.15, 0.2) is 66.9 Å². The van der Waals surface area contributed by atoms with Gasteiger partial charge in [-0.2, -0.15) is 5.26 Å². The van der Waals surface area contributed by atoms with E-state index in [1.54, 1.807) is 42.5 Å². The van der Waals surface area contributed by atoms with Crippen molar-refractivity contribution in [2.24, 2.45) is 0 Å². The Labute approximate surface area is 160 Å². The number of halogens is 1. The zero-order chi connectivity index (χ0) is 19.9. The van der Waals surface area contributed by atoms with E-state index < -0.39 is 17.6 Å². The van der Waals surface area contributed by atoms with E-state index >= 15 is 0 Å². The predicted molar refractivity (Wildman–Crippen MR) is 101 cm³/mol. The van der Waals surface area contributed by atoms with E-state index in [4.69, 9.17) is 5.26 Å². The van der Waals surface area contributed by atoms with Crippen molar-refractivity contribution in [1.82, 2.24) is 10.3 Å². The standard InChI is InChI=1S/C21H15FN4O2/c22-18-7-2-1-5-16(18)13-25-21(28)19-11-15(8-9-24-19)20(27)26-17-6-3-4-14(10-17)12-23/h1-11H,13H2,(H,25,28)(H,26,27). The van der Waals surface area contributed by atoms with E-state index in [0.717, 1.165) is 0 Å². The van der Waals surface area contributed by atoms with Crippen LogP contribution in [0.1, 0.15) is 32.0 Å². The number of aromatic nitrogens is 1. The predicted octanol–water partition coefficient (Wildman–Crippen LogP) is 3.27. The van der Waals surface area contributed by atoms with Crippen LogP contribution in [-0.4, -0.2) is 16.8 Å². The van der Waals surface area contributed by atoms with Crippen LogP contribution in [0.5, 0.6) is 0 Å². The molecule has 28 heavy (non-hydrogen) atoms. The first-order chi connectivity index (χ1) is 13.6. The van der Waals surface area contributed by atoms with E-state index in [0.29, 0.717) is 16.8 Å². The molecule has 7 heteroatoms. The molecule has 3 aromatic rings. The summed E-state index contributed by atoms with van der Waals surface area (Å²) < 4.78 is 13.6. The Morgan fingerprint density at radius 1 is 1.04 bits per heavy atom. The zero-order valence-electron chi connectivity index (χ0n) is 14.6. The van der Waals surface area contributed by atoms with Crippen molar-refractivity contribution in [3.05, 3.63) is 95.1 Å². The van der Waals surface area contributed by atoms with Crippen LogP contribution in [0.2, 0.25) is 0 Å². The maximum atomic E-state index is 13.6. The molecular formula is C21H15FN4O2. The molecule has 0 spiro atoms. The van der Waals surface area contributed by atoms with Crippen molar-refractivity contribution in [3.63, 3.8) is 0 Å². The van der Waals surface area contributed by atoms with Crippen molar-refractivity contribution in [2.45, 2.75) is 6.54 Å². The molecule has 0 atom stereocenters. The Hall–Kier alpha value is -4.05. The lowest BCUT2D eigenvalue weighted by molar-refractivity contribution is 0.0945. The molecule has 6 nitrogen and oxygen atoms in total. The maximum absolute atomic E-state index is 13.6. The number of pyridine rings is 1. The van der Waals surface area contributed by atoms with E-state index in [1.165, 1.54) is 24.4 Å². The Morgan fingerprint density at radius 2 is 1.86 bits per heavy atom. The number of nitriles is 1. The van der Waals surface area contributed by atoms with Gasteiger partial charge in [-0.3, -0.25) is 14.6 Å². The van der Waals surface area contributed by atoms with Gasteiger partial charge in [0.1, 0.15) is 11.5 Å². The van der Waals surface area contributed by atoms with Gasteiger partial charge >= 0.3 is 0 Å². The fraction of sp³-hybridized carbons (Fsp3) is 0.0476. The molecule has 1 aromatic heterocycles. The fourth-order valence-electron chi connectivity index (χ4n) is 2.47. The smallest absolute Gasteiger partial charge is 0.270 e. The molecule has 0 aliphatic carbocycles. The SMILES string of the molecule is N#Cc1cccc(NC(=O)c2ccnc(C(=O)NCc3ccccc3F)c2)c1. The van der Waals surface area contributed by atoms with Gasteiger partial charge in [-0.25, -0.2) is 4.39 Å². The lowest BCUT2D eigenvalue weighted by Crippen LogP contribution is -2.25. The minimum absolute atomic E-state index is 0.00453. The van der Waals surface area contributed by atoms with E-state index in [2.05, 4.69) is 15.6 Å². The highest BCUT2D eigenvalue weighted by atomic mass is 19.1. The van der Waals surface area contributed by atoms with Crippen LogP contribution in [0, 0.1) is 17.1 Å². The number of hydrogen-bond acceptors (Lipinski definition) is 4. The first-order valence-electron chi connectivity index (χ1n) is 8.36. The molecule has 1 heterocycles. The summed E-state index contributed by atoms with van der Waals surface area (Å²) >= 11 is 0. The Bertz CT molecular complexity index is 1080. The van der Waals surface area contributed by atoms with Gasteiger partial charge in [0.25, 0.3) is 11.8 Å². The number of rotatable bonds is 5. The fourth-order valence-corrected chi connectivity index (χ4v) is 2.47. The van der Waals surface area contributed by atoms with Gasteiger partial charge in [-0.05, 0) is 36.4 Å². The number of carbonyl (C=O) groups excluding carboxylic acids is 2. The maximum Gasteiger partial charge on any atom is 0.270 e. The quantitative estimate of drug-likeness (QED) is 0.716. The van der Waals surface area contributed by atoms with Crippen LogP contribution in [-0.2, 0) is 6.54 Å². The molecule has 0 aliphatic rings. The number of anilines is 1. The topological polar surface area (TPSA) is 94.9 Å². The molecule has 3 rings (SSSR count). The van der Waals surface area contributed by atoms with Crippen LogP contribution >= 0.6 is 0 Å². The Balaban J connectivity index is 1.69. The second kappa shape index (κ2) is 8.56. The van der Waals surface area contributed by atoms with Crippen LogP contribution in [0.4, 0.5) is 10.1 Å². The summed E-state index contributed by atoms with van der Waals surface area (Å²) in [5.74, 6) is -1.38. The van der Waals surface area contributed by atoms with Crippen molar-refractivity contribution < 1.29 is 14.0 Å². The van der Waals surface area contributed by atoms with E-state index in [9.17, 15) is 14.0 Å². The first-order valence-corrected chi connectivity index (χ1v) is 8.36. The van der Waals surface area contributed by atoms with E-state index in [1.807, 2.05) is 6.07 Å². The molecule has 0 radical (unpaired) electrons. The van der Waals surface area contributed by atoms with Crippen molar-refractivity contribution in [1.29, 1.82) is 5.26 Å². The minimum atomic E-state index is -0.524. The summed E-state index contributed by atoms with van der Waals surface area (Å²) in [6, 6.07) is 17.4. The second-order valence-corrected chi connectivity index (χ2v) is 5.85. The van der Waals surface area contributed by atoms with Gasteiger partial charge in [0.05, 0.1) is 11.6 Å². The van der Waals surface area contributed by atoms with Gasteiger partial charge in [0, 0.05) is 29.6 Å². The van der Waals surface area contributed by atoms with Crippen LogP contribution in [0.25, 0.3) is 0 Å². The third-order valence-corrected chi connectivity index (χ3v) is 3.90. The molecule has 2 N–H and O–H groups in total. The van der Waals surface area contributed by atoms with Gasteiger partial charge in [-0.15, -0.1) is 0 Å². The number of nitrogens with one attached hydrogen (secondary N) is 2. The molecule has 0 aliphatic heterocycles. The van der Waals surface area contributed by atoms with Crippen LogP contribution < -0.4 is 10.6 Å². The van der Waals surface area contributed by atoms with Crippen molar-refractivity contribution in [3.8, 4) is 6.07 Å². The highest BCUT2D eigenvalue weighted by Crippen LogP contribution is 2.12. The number of nitrogens with zero attached hydrogens (tertiary/aromatic N) is 2. The Morgan fingerprint density at radius 3 is 2.64 bits per heavy atom. The average molecular weight is 374 g/mol. The molecule has 2 amide bonds. The van der Waals surface area contributed by atoms with Crippen molar-refractivity contribution >= 4 is 17.5 Å². The molecule has 0 saturated heterocycles. The van der Waals surface area contributed by atoms with Gasteiger partial charge in [-0.1, -0.05) is 24.3 Å². The number of benzene rings is 2. The minimum Gasteiger partial charge on any atom is -0.347 e. The van der Waals surface area contributed by atoms with Crippen molar-refractivity contribution in [2.75, 3.05) is 5.32 Å². The summed E-state index contributed by atoms with van der Waals surface area (Å²) in [5, 5.41) is 14.2. The zero-order valence-corrected chi connectivity index (χ0v) is 14.6. The molecule has 2 aromatic carbocycles. The van der Waals surface area contributed by atoms with Crippen LogP contribution in [0.3, 0.4) is 0 Å². The summed E-state index contributed by atoms with van der Waals surface area (Å²) in [4.78, 5) is 28.7. The van der Waals surface area contributed by atoms with E-state index in [-0.39, 0.29) is 17.8 Å². The summed E-state index contributed by atoms with van der Waals surface area (Å²) in [5.41, 5.74) is 1.50. The molecule has 0 bridgehead atoms. The monoisotopic (exact) mass is 374 g/mol. The highest BCUT2D eigenvalue weighted by molar-refractivity contribution is 6.05. The number of hydrogen-bond donors (Lipinski definition) is 2. The molecule has 0 saturated carbocycles. The van der Waals surface area contributed by atoms with Gasteiger partial charge in [0.15, 0.2) is 0 Å². The van der Waals surface area contributed by atoms with Gasteiger partial charge < -0.3 is 10.6 Å². The third-order valence-electron chi connectivity index (χ3n) is 3.90. The van der Waals surface area contributed by atoms with Gasteiger partial charge in [0.2, 0.25) is 0 Å². The third kappa shape index (κ3) is 4.56. The lowest BCUT2D eigenvalue weighted by Gasteiger charge is -2.08. The second-order valence-electron chi connectivity index (χ2n) is 5.85. The first kappa shape index (κ1) is 18.7. The molecular weight excluding hydrogens is 359 g/mol. The Kier molecular flexibility index (Phi) is 5.72. The molecule has 0 unspecified atom stereocenters. The largest absolute Gasteiger partial charge is 0.347 e. The number of carbonyl (C=O) groups is 2. The lowest BCUT2D eigenvalue weighted by atomic mass is 10.1. The molecule has 0 fully saturated rings. The average Bonchev–Trinajstić information content (AvgIpc) is 2.73. The highest BCUT2D eigenvalue weighted by Gasteiger charge is 2.13. The molecule has 138 valence electrons. The number of amides is 2. The summed E-state index contributed by atoms with van der Waals surface area (Å²) in [6.45, 7) is 0.00453.